The van der Waals surface area contributed by atoms with Crippen LogP contribution in [0.5, 0.6) is 0 Å². The molecule has 0 saturated heterocycles. The summed E-state index contributed by atoms with van der Waals surface area (Å²) in [7, 11) is 1.71. The number of thioether (sulfide) groups is 1. The average Bonchev–Trinajstić information content (AvgIpc) is 2.77. The summed E-state index contributed by atoms with van der Waals surface area (Å²) < 4.78 is 53.9. The number of rotatable bonds is 5. The van der Waals surface area contributed by atoms with Gasteiger partial charge in [0.1, 0.15) is 11.6 Å². The quantitative estimate of drug-likeness (QED) is 0.648. The first-order chi connectivity index (χ1) is 10.3. The molecule has 0 unspecified atom stereocenters. The van der Waals surface area contributed by atoms with Crippen LogP contribution in [0.2, 0.25) is 0 Å². The van der Waals surface area contributed by atoms with Crippen LogP contribution in [0.15, 0.2) is 23.4 Å². The molecule has 23 heavy (non-hydrogen) atoms. The van der Waals surface area contributed by atoms with Crippen LogP contribution in [0.1, 0.15) is 17.0 Å². The maximum atomic E-state index is 13.5. The third-order valence-corrected chi connectivity index (χ3v) is 4.10. The van der Waals surface area contributed by atoms with Gasteiger partial charge in [-0.05, 0) is 18.2 Å². The van der Waals surface area contributed by atoms with Gasteiger partial charge in [0.25, 0.3) is 0 Å². The van der Waals surface area contributed by atoms with Gasteiger partial charge in [-0.2, -0.15) is 13.2 Å². The highest BCUT2D eigenvalue weighted by Crippen LogP contribution is 2.36. The lowest BCUT2D eigenvalue weighted by atomic mass is 10.1. The summed E-state index contributed by atoms with van der Waals surface area (Å²) in [5, 5.41) is 8.29. The van der Waals surface area contributed by atoms with Gasteiger partial charge < -0.3 is 10.3 Å². The topological polar surface area (TPSA) is 56.7 Å². The van der Waals surface area contributed by atoms with Crippen molar-refractivity contribution in [1.82, 2.24) is 14.8 Å². The van der Waals surface area contributed by atoms with Gasteiger partial charge in [-0.15, -0.1) is 22.6 Å². The van der Waals surface area contributed by atoms with E-state index in [1.165, 1.54) is 12.1 Å². The number of halogens is 5. The molecule has 10 heteroatoms. The first kappa shape index (κ1) is 19.7. The highest BCUT2D eigenvalue weighted by Gasteiger charge is 2.36. The number of benzene rings is 1. The van der Waals surface area contributed by atoms with Gasteiger partial charge in [-0.1, -0.05) is 23.9 Å². The highest BCUT2D eigenvalue weighted by molar-refractivity contribution is 7.98. The van der Waals surface area contributed by atoms with Crippen LogP contribution in [0.25, 0.3) is 0 Å². The molecule has 128 valence electrons. The lowest BCUT2D eigenvalue weighted by Gasteiger charge is -2.13. The van der Waals surface area contributed by atoms with Crippen LogP contribution in [0, 0.1) is 5.82 Å². The minimum absolute atomic E-state index is 0. The molecule has 2 N–H and O–H groups in total. The summed E-state index contributed by atoms with van der Waals surface area (Å²) >= 11 is 1.07. The Bertz CT molecular complexity index is 660. The molecule has 0 bridgehead atoms. The minimum atomic E-state index is -4.73. The number of hydrogen-bond acceptors (Lipinski definition) is 4. The fourth-order valence-electron chi connectivity index (χ4n) is 1.97. The van der Waals surface area contributed by atoms with Crippen LogP contribution in [-0.4, -0.2) is 21.3 Å². The normalized spacial score (nSPS) is 11.4. The van der Waals surface area contributed by atoms with Gasteiger partial charge in [0.05, 0.1) is 5.56 Å². The molecule has 0 radical (unpaired) electrons. The van der Waals surface area contributed by atoms with E-state index in [2.05, 4.69) is 10.2 Å². The molecule has 0 fully saturated rings. The Hall–Kier alpha value is -1.32. The van der Waals surface area contributed by atoms with Crippen molar-refractivity contribution in [3.8, 4) is 0 Å². The molecule has 0 saturated carbocycles. The molecule has 0 amide bonds. The molecule has 1 heterocycles. The van der Waals surface area contributed by atoms with E-state index >= 15 is 0 Å². The van der Waals surface area contributed by atoms with Crippen molar-refractivity contribution < 1.29 is 17.6 Å². The highest BCUT2D eigenvalue weighted by atomic mass is 35.5. The molecule has 2 aromatic rings. The zero-order valence-electron chi connectivity index (χ0n) is 12.1. The van der Waals surface area contributed by atoms with Gasteiger partial charge in [-0.3, -0.25) is 0 Å². The predicted octanol–water partition coefficient (Wildman–Crippen LogP) is 3.19. The van der Waals surface area contributed by atoms with E-state index in [-0.39, 0.29) is 23.7 Å². The van der Waals surface area contributed by atoms with Crippen LogP contribution < -0.4 is 5.73 Å². The smallest absolute Gasteiger partial charge is 0.330 e. The number of hydrogen-bond donors (Lipinski definition) is 1. The summed E-state index contributed by atoms with van der Waals surface area (Å²) in [6.45, 7) is 0.402. The Morgan fingerprint density at radius 3 is 2.57 bits per heavy atom. The second kappa shape index (κ2) is 7.98. The molecule has 2 rings (SSSR count). The van der Waals surface area contributed by atoms with Crippen LogP contribution in [0.3, 0.4) is 0 Å². The van der Waals surface area contributed by atoms with Crippen molar-refractivity contribution in [2.45, 2.75) is 23.5 Å². The van der Waals surface area contributed by atoms with Gasteiger partial charge in [0, 0.05) is 19.2 Å². The van der Waals surface area contributed by atoms with E-state index in [0.717, 1.165) is 17.8 Å². The Morgan fingerprint density at radius 1 is 1.26 bits per heavy atom. The summed E-state index contributed by atoms with van der Waals surface area (Å²) in [5.74, 6) is -0.672. The maximum Gasteiger partial charge on any atom is 0.419 e. The van der Waals surface area contributed by atoms with Crippen molar-refractivity contribution >= 4 is 24.2 Å². The second-order valence-corrected chi connectivity index (χ2v) is 5.50. The van der Waals surface area contributed by atoms with Gasteiger partial charge in [0.15, 0.2) is 5.16 Å². The fourth-order valence-corrected chi connectivity index (χ4v) is 2.89. The molecule has 0 spiro atoms. The van der Waals surface area contributed by atoms with E-state index in [0.29, 0.717) is 23.9 Å². The monoisotopic (exact) mass is 370 g/mol. The van der Waals surface area contributed by atoms with Gasteiger partial charge in [0.2, 0.25) is 0 Å². The Kier molecular flexibility index (Phi) is 6.84. The van der Waals surface area contributed by atoms with E-state index in [9.17, 15) is 17.6 Å². The minimum Gasteiger partial charge on any atom is -0.330 e. The van der Waals surface area contributed by atoms with Crippen molar-refractivity contribution in [3.63, 3.8) is 0 Å². The van der Waals surface area contributed by atoms with Gasteiger partial charge >= 0.3 is 6.18 Å². The first-order valence-corrected chi connectivity index (χ1v) is 7.39. The van der Waals surface area contributed by atoms with Crippen LogP contribution >= 0.6 is 24.2 Å². The number of nitrogens with two attached hydrogens (primary N) is 1. The molecular weight excluding hydrogens is 356 g/mol. The summed E-state index contributed by atoms with van der Waals surface area (Å²) in [6, 6.07) is 3.33. The SMILES string of the molecule is Cl.Cn1c(CCN)nnc1SCc1cccc(F)c1C(F)(F)F. The summed E-state index contributed by atoms with van der Waals surface area (Å²) in [5.41, 5.74) is 4.08. The Labute approximate surface area is 140 Å². The van der Waals surface area contributed by atoms with E-state index in [4.69, 9.17) is 5.73 Å². The predicted molar refractivity (Wildman–Crippen MR) is 82.0 cm³/mol. The Morgan fingerprint density at radius 2 is 1.96 bits per heavy atom. The molecule has 0 aliphatic rings. The number of alkyl halides is 3. The van der Waals surface area contributed by atoms with E-state index in [1.807, 2.05) is 0 Å². The lowest BCUT2D eigenvalue weighted by molar-refractivity contribution is -0.140. The lowest BCUT2D eigenvalue weighted by Crippen LogP contribution is -2.12. The largest absolute Gasteiger partial charge is 0.419 e. The Balaban J connectivity index is 0.00000264. The zero-order chi connectivity index (χ0) is 16.3. The average molecular weight is 371 g/mol. The molecule has 1 aromatic carbocycles. The zero-order valence-corrected chi connectivity index (χ0v) is 13.7. The molecular formula is C13H15ClF4N4S. The van der Waals surface area contributed by atoms with Crippen LogP contribution in [0.4, 0.5) is 17.6 Å². The van der Waals surface area contributed by atoms with Crippen molar-refractivity contribution in [2.24, 2.45) is 12.8 Å². The van der Waals surface area contributed by atoms with Crippen molar-refractivity contribution in [1.29, 1.82) is 0 Å². The first-order valence-electron chi connectivity index (χ1n) is 6.40. The van der Waals surface area contributed by atoms with Crippen LogP contribution in [-0.2, 0) is 25.4 Å². The molecule has 0 aliphatic carbocycles. The maximum absolute atomic E-state index is 13.5. The van der Waals surface area contributed by atoms with Crippen molar-refractivity contribution in [2.75, 3.05) is 6.54 Å². The standard InChI is InChI=1S/C13H14F4N4S.ClH/c1-21-10(5-6-18)19-20-12(21)22-7-8-3-2-4-9(14)11(8)13(15,16)17;/h2-4H,5-7,18H2,1H3;1H. The number of aromatic nitrogens is 3. The second-order valence-electron chi connectivity index (χ2n) is 4.56. The summed E-state index contributed by atoms with van der Waals surface area (Å²) in [6.07, 6.45) is -4.20. The molecule has 0 atom stereocenters. The fraction of sp³-hybridized carbons (Fsp3) is 0.385. The van der Waals surface area contributed by atoms with E-state index < -0.39 is 17.6 Å². The van der Waals surface area contributed by atoms with E-state index in [1.54, 1.807) is 11.6 Å². The third kappa shape index (κ3) is 4.58. The third-order valence-electron chi connectivity index (χ3n) is 3.03. The molecule has 1 aromatic heterocycles. The van der Waals surface area contributed by atoms with Crippen molar-refractivity contribution in [3.05, 3.63) is 41.0 Å². The molecule has 0 aliphatic heterocycles. The molecule has 4 nitrogen and oxygen atoms in total. The summed E-state index contributed by atoms with van der Waals surface area (Å²) in [4.78, 5) is 0. The van der Waals surface area contributed by atoms with Gasteiger partial charge in [-0.25, -0.2) is 4.39 Å². The number of nitrogens with zero attached hydrogens (tertiary/aromatic N) is 3.